The molecular weight excluding hydrogens is 336 g/mol. The van der Waals surface area contributed by atoms with Gasteiger partial charge in [-0.15, -0.1) is 0 Å². The number of ether oxygens (including phenoxy) is 1. The molecular formula is C15H17BrN2O3. The predicted octanol–water partition coefficient (Wildman–Crippen LogP) is 2.85. The van der Waals surface area contributed by atoms with Crippen LogP contribution in [0.1, 0.15) is 32.4 Å². The summed E-state index contributed by atoms with van der Waals surface area (Å²) < 4.78 is 6.96. The van der Waals surface area contributed by atoms with Gasteiger partial charge in [-0.1, -0.05) is 29.8 Å². The number of rotatable bonds is 4. The number of fused-ring (bicyclic) bond motifs is 1. The molecule has 0 radical (unpaired) electrons. The van der Waals surface area contributed by atoms with Crippen molar-refractivity contribution in [3.05, 3.63) is 38.7 Å². The Labute approximate surface area is 131 Å². The first-order valence-electron chi connectivity index (χ1n) is 6.80. The summed E-state index contributed by atoms with van der Waals surface area (Å²) >= 11 is 3.41. The predicted molar refractivity (Wildman–Crippen MR) is 84.4 cm³/mol. The molecule has 112 valence electrons. The van der Waals surface area contributed by atoms with Crippen molar-refractivity contribution >= 4 is 32.7 Å². The molecule has 1 aromatic heterocycles. The highest BCUT2D eigenvalue weighted by Gasteiger charge is 2.15. The summed E-state index contributed by atoms with van der Waals surface area (Å²) in [6.07, 6.45) is 0. The fourth-order valence-electron chi connectivity index (χ4n) is 2.15. The molecule has 2 aromatic rings. The average Bonchev–Trinajstić information content (AvgIpc) is 2.41. The lowest BCUT2D eigenvalue weighted by Gasteiger charge is -2.13. The van der Waals surface area contributed by atoms with E-state index in [-0.39, 0.29) is 24.6 Å². The van der Waals surface area contributed by atoms with Gasteiger partial charge in [-0.25, -0.2) is 4.68 Å². The Morgan fingerprint density at radius 1 is 1.38 bits per heavy atom. The first-order valence-corrected chi connectivity index (χ1v) is 7.59. The maximum Gasteiger partial charge on any atom is 0.327 e. The number of nitrogens with zero attached hydrogens (tertiary/aromatic N) is 2. The zero-order chi connectivity index (χ0) is 15.6. The normalized spacial score (nSPS) is 11.1. The van der Waals surface area contributed by atoms with E-state index >= 15 is 0 Å². The number of carbonyl (C=O) groups excluding carboxylic acids is 1. The molecule has 0 aliphatic heterocycles. The number of benzene rings is 1. The lowest BCUT2D eigenvalue weighted by atomic mass is 10.0. The number of hydrogen-bond donors (Lipinski definition) is 0. The van der Waals surface area contributed by atoms with Gasteiger partial charge in [-0.2, -0.15) is 5.10 Å². The van der Waals surface area contributed by atoms with E-state index in [2.05, 4.69) is 21.0 Å². The van der Waals surface area contributed by atoms with Crippen molar-refractivity contribution in [2.24, 2.45) is 0 Å². The molecule has 0 spiro atoms. The Morgan fingerprint density at radius 2 is 2.10 bits per heavy atom. The van der Waals surface area contributed by atoms with Crippen LogP contribution >= 0.6 is 15.9 Å². The van der Waals surface area contributed by atoms with Crippen molar-refractivity contribution < 1.29 is 9.53 Å². The second kappa shape index (κ2) is 6.39. The van der Waals surface area contributed by atoms with Gasteiger partial charge in [0.1, 0.15) is 6.54 Å². The summed E-state index contributed by atoms with van der Waals surface area (Å²) in [6, 6.07) is 5.44. The number of aromatic nitrogens is 2. The molecule has 0 fully saturated rings. The molecule has 0 saturated carbocycles. The number of hydrogen-bond acceptors (Lipinski definition) is 4. The van der Waals surface area contributed by atoms with Gasteiger partial charge >= 0.3 is 5.97 Å². The molecule has 0 bridgehead atoms. The van der Waals surface area contributed by atoms with Crippen LogP contribution in [0.5, 0.6) is 0 Å². The smallest absolute Gasteiger partial charge is 0.327 e. The fourth-order valence-corrected chi connectivity index (χ4v) is 2.51. The van der Waals surface area contributed by atoms with Gasteiger partial charge in [-0.3, -0.25) is 9.59 Å². The lowest BCUT2D eigenvalue weighted by molar-refractivity contribution is -0.144. The van der Waals surface area contributed by atoms with Crippen LogP contribution in [-0.2, 0) is 16.1 Å². The topological polar surface area (TPSA) is 61.2 Å². The summed E-state index contributed by atoms with van der Waals surface area (Å²) in [6.45, 7) is 5.85. The molecule has 6 heteroatoms. The van der Waals surface area contributed by atoms with Gasteiger partial charge in [0.15, 0.2) is 0 Å². The van der Waals surface area contributed by atoms with E-state index in [1.54, 1.807) is 13.0 Å². The Morgan fingerprint density at radius 3 is 2.71 bits per heavy atom. The minimum Gasteiger partial charge on any atom is -0.465 e. The van der Waals surface area contributed by atoms with Crippen molar-refractivity contribution in [1.82, 2.24) is 9.78 Å². The van der Waals surface area contributed by atoms with Gasteiger partial charge < -0.3 is 4.74 Å². The second-order valence-corrected chi connectivity index (χ2v) is 5.91. The van der Waals surface area contributed by atoms with E-state index in [4.69, 9.17) is 4.74 Å². The third-order valence-corrected chi connectivity index (χ3v) is 3.58. The van der Waals surface area contributed by atoms with Crippen LogP contribution in [0.2, 0.25) is 0 Å². The van der Waals surface area contributed by atoms with Crippen LogP contribution in [0.3, 0.4) is 0 Å². The molecule has 5 nitrogen and oxygen atoms in total. The molecule has 0 saturated heterocycles. The van der Waals surface area contributed by atoms with Gasteiger partial charge in [0.2, 0.25) is 0 Å². The third kappa shape index (κ3) is 3.32. The van der Waals surface area contributed by atoms with E-state index in [0.29, 0.717) is 5.39 Å². The lowest BCUT2D eigenvalue weighted by Crippen LogP contribution is -2.29. The van der Waals surface area contributed by atoms with E-state index < -0.39 is 5.97 Å². The van der Waals surface area contributed by atoms with Crippen LogP contribution in [0.25, 0.3) is 10.8 Å². The monoisotopic (exact) mass is 352 g/mol. The molecule has 1 heterocycles. The molecule has 21 heavy (non-hydrogen) atoms. The van der Waals surface area contributed by atoms with Gasteiger partial charge in [0.05, 0.1) is 17.7 Å². The number of esters is 1. The molecule has 0 unspecified atom stereocenters. The Hall–Kier alpha value is -1.69. The highest BCUT2D eigenvalue weighted by atomic mass is 79.9. The van der Waals surface area contributed by atoms with Crippen molar-refractivity contribution in [2.75, 3.05) is 6.61 Å². The highest BCUT2D eigenvalue weighted by Crippen LogP contribution is 2.24. The number of halogens is 1. The molecule has 1 aromatic carbocycles. The average molecular weight is 353 g/mol. The van der Waals surface area contributed by atoms with Crippen molar-refractivity contribution in [3.63, 3.8) is 0 Å². The molecule has 0 N–H and O–H groups in total. The van der Waals surface area contributed by atoms with E-state index in [1.165, 1.54) is 4.68 Å². The van der Waals surface area contributed by atoms with Crippen LogP contribution in [-0.4, -0.2) is 22.4 Å². The quantitative estimate of drug-likeness (QED) is 0.793. The van der Waals surface area contributed by atoms with E-state index in [0.717, 1.165) is 15.6 Å². The maximum absolute atomic E-state index is 12.4. The standard InChI is InChI=1S/C15H17BrN2O3/c1-4-21-13(19)8-18-15(20)11-6-5-10(16)7-12(11)14(17-18)9(2)3/h5-7,9H,4,8H2,1-3H3. The van der Waals surface area contributed by atoms with Crippen molar-refractivity contribution in [1.29, 1.82) is 0 Å². The van der Waals surface area contributed by atoms with Crippen molar-refractivity contribution in [2.45, 2.75) is 33.2 Å². The Balaban J connectivity index is 2.63. The molecule has 0 amide bonds. The molecule has 0 aliphatic rings. The number of carbonyl (C=O) groups is 1. The molecule has 0 aliphatic carbocycles. The zero-order valence-electron chi connectivity index (χ0n) is 12.2. The van der Waals surface area contributed by atoms with Crippen LogP contribution in [0.4, 0.5) is 0 Å². The Bertz CT molecular complexity index is 738. The second-order valence-electron chi connectivity index (χ2n) is 5.00. The minimum atomic E-state index is -0.460. The summed E-state index contributed by atoms with van der Waals surface area (Å²) in [5.41, 5.74) is 0.505. The summed E-state index contributed by atoms with van der Waals surface area (Å²) in [5, 5.41) is 5.71. The van der Waals surface area contributed by atoms with Gasteiger partial charge in [0.25, 0.3) is 5.56 Å². The van der Waals surface area contributed by atoms with Crippen molar-refractivity contribution in [3.8, 4) is 0 Å². The minimum absolute atomic E-state index is 0.135. The van der Waals surface area contributed by atoms with Gasteiger partial charge in [-0.05, 0) is 31.0 Å². The van der Waals surface area contributed by atoms with E-state index in [1.807, 2.05) is 26.0 Å². The summed E-state index contributed by atoms with van der Waals surface area (Å²) in [4.78, 5) is 24.0. The van der Waals surface area contributed by atoms with Crippen LogP contribution in [0, 0.1) is 0 Å². The maximum atomic E-state index is 12.4. The van der Waals surface area contributed by atoms with Gasteiger partial charge in [0, 0.05) is 9.86 Å². The first kappa shape index (κ1) is 15.7. The zero-order valence-corrected chi connectivity index (χ0v) is 13.8. The highest BCUT2D eigenvalue weighted by molar-refractivity contribution is 9.10. The molecule has 2 rings (SSSR count). The van der Waals surface area contributed by atoms with E-state index in [9.17, 15) is 9.59 Å². The summed E-state index contributed by atoms with van der Waals surface area (Å²) in [7, 11) is 0. The van der Waals surface area contributed by atoms with Crippen LogP contribution < -0.4 is 5.56 Å². The first-order chi connectivity index (χ1) is 9.93. The fraction of sp³-hybridized carbons (Fsp3) is 0.400. The van der Waals surface area contributed by atoms with Crippen LogP contribution in [0.15, 0.2) is 27.5 Å². The molecule has 0 atom stereocenters. The summed E-state index contributed by atoms with van der Waals surface area (Å²) in [5.74, 6) is -0.325. The largest absolute Gasteiger partial charge is 0.465 e. The Kier molecular flexibility index (Phi) is 4.77. The SMILES string of the molecule is CCOC(=O)Cn1nc(C(C)C)c2cc(Br)ccc2c1=O. The third-order valence-electron chi connectivity index (χ3n) is 3.08.